The lowest BCUT2D eigenvalue weighted by Crippen LogP contribution is -2.31. The van der Waals surface area contributed by atoms with E-state index in [1.807, 2.05) is 6.92 Å². The van der Waals surface area contributed by atoms with Gasteiger partial charge in [0.15, 0.2) is 0 Å². The first-order valence-electron chi connectivity index (χ1n) is 6.10. The van der Waals surface area contributed by atoms with Crippen molar-refractivity contribution in [3.05, 3.63) is 11.8 Å². The van der Waals surface area contributed by atoms with Crippen LogP contribution in [0.1, 0.15) is 33.1 Å². The normalized spacial score (nSPS) is 15.9. The minimum Gasteiger partial charge on any atom is -0.450 e. The molecule has 1 heterocycles. The van der Waals surface area contributed by atoms with Gasteiger partial charge in [-0.15, -0.1) is 0 Å². The molecule has 1 aliphatic rings. The predicted molar refractivity (Wildman–Crippen MR) is 71.9 cm³/mol. The Kier molecular flexibility index (Phi) is 5.97. The maximum Gasteiger partial charge on any atom is 0.412 e. The number of likely N-dealkylation sites (tertiary alicyclic amines) is 1. The Morgan fingerprint density at radius 3 is 2.59 bits per heavy atom. The predicted octanol–water partition coefficient (Wildman–Crippen LogP) is 2.45. The van der Waals surface area contributed by atoms with Gasteiger partial charge in [0.1, 0.15) is 4.99 Å². The number of amides is 1. The average Bonchev–Trinajstić information content (AvgIpc) is 2.78. The summed E-state index contributed by atoms with van der Waals surface area (Å²) in [5.74, 6) is 0. The summed E-state index contributed by atoms with van der Waals surface area (Å²) >= 11 is 5.19. The Morgan fingerprint density at radius 1 is 1.41 bits per heavy atom. The molecular weight excluding hydrogens is 236 g/mol. The van der Waals surface area contributed by atoms with Gasteiger partial charge in [-0.3, -0.25) is 5.32 Å². The van der Waals surface area contributed by atoms with Crippen LogP contribution in [0.25, 0.3) is 0 Å². The number of nitrogens with zero attached hydrogens (tertiary/aromatic N) is 1. The molecule has 0 spiro atoms. The summed E-state index contributed by atoms with van der Waals surface area (Å²) in [7, 11) is 0. The van der Waals surface area contributed by atoms with E-state index in [1.54, 1.807) is 6.92 Å². The highest BCUT2D eigenvalue weighted by atomic mass is 32.1. The fraction of sp³-hybridized carbons (Fsp3) is 0.667. The van der Waals surface area contributed by atoms with E-state index in [4.69, 9.17) is 17.0 Å². The van der Waals surface area contributed by atoms with Gasteiger partial charge < -0.3 is 9.64 Å². The van der Waals surface area contributed by atoms with Crippen LogP contribution < -0.4 is 5.32 Å². The lowest BCUT2D eigenvalue weighted by molar-refractivity contribution is 0.158. The molecule has 96 valence electrons. The molecule has 0 aromatic rings. The molecule has 17 heavy (non-hydrogen) atoms. The zero-order valence-corrected chi connectivity index (χ0v) is 11.3. The van der Waals surface area contributed by atoms with Crippen molar-refractivity contribution < 1.29 is 9.53 Å². The largest absolute Gasteiger partial charge is 0.450 e. The van der Waals surface area contributed by atoms with Gasteiger partial charge in [0.05, 0.1) is 6.61 Å². The Hall–Kier alpha value is -1.10. The third-order valence-corrected chi connectivity index (χ3v) is 3.01. The Bertz CT molecular complexity index is 310. The maximum atomic E-state index is 11.2. The minimum absolute atomic E-state index is 0.353. The number of rotatable bonds is 4. The van der Waals surface area contributed by atoms with Crippen LogP contribution in [0.4, 0.5) is 4.79 Å². The molecule has 0 atom stereocenters. The summed E-state index contributed by atoms with van der Waals surface area (Å²) in [5.41, 5.74) is 0.981. The third kappa shape index (κ3) is 4.73. The van der Waals surface area contributed by atoms with Crippen LogP contribution in [0.2, 0.25) is 0 Å². The molecule has 5 heteroatoms. The molecule has 0 aliphatic carbocycles. The first-order chi connectivity index (χ1) is 8.17. The molecule has 1 aliphatic heterocycles. The number of carbonyl (C=O) groups is 1. The van der Waals surface area contributed by atoms with Gasteiger partial charge >= 0.3 is 6.09 Å². The zero-order valence-electron chi connectivity index (χ0n) is 10.5. The van der Waals surface area contributed by atoms with E-state index in [-0.39, 0.29) is 0 Å². The molecule has 1 rings (SSSR count). The Balaban J connectivity index is 2.53. The van der Waals surface area contributed by atoms with E-state index in [1.165, 1.54) is 12.8 Å². The molecule has 1 fully saturated rings. The Morgan fingerprint density at radius 2 is 2.06 bits per heavy atom. The molecule has 0 aromatic heterocycles. The second-order valence-corrected chi connectivity index (χ2v) is 4.33. The molecule has 0 saturated carbocycles. The van der Waals surface area contributed by atoms with Crippen LogP contribution in [0.15, 0.2) is 11.8 Å². The molecule has 0 bridgehead atoms. The van der Waals surface area contributed by atoms with E-state index in [2.05, 4.69) is 16.4 Å². The average molecular weight is 256 g/mol. The first-order valence-corrected chi connectivity index (χ1v) is 6.51. The number of hydrogen-bond acceptors (Lipinski definition) is 4. The van der Waals surface area contributed by atoms with E-state index in [0.29, 0.717) is 11.6 Å². The first kappa shape index (κ1) is 14.0. The number of carbonyl (C=O) groups excluding carboxylic acids is 1. The summed E-state index contributed by atoms with van der Waals surface area (Å²) in [6.07, 6.45) is 4.85. The second-order valence-electron chi connectivity index (χ2n) is 3.93. The lowest BCUT2D eigenvalue weighted by atomic mass is 10.2. The molecule has 4 nitrogen and oxygen atoms in total. The van der Waals surface area contributed by atoms with E-state index >= 15 is 0 Å². The quantitative estimate of drug-likeness (QED) is 0.619. The van der Waals surface area contributed by atoms with Gasteiger partial charge in [0, 0.05) is 24.9 Å². The molecule has 0 radical (unpaired) electrons. The van der Waals surface area contributed by atoms with Crippen molar-refractivity contribution in [2.75, 3.05) is 19.7 Å². The highest BCUT2D eigenvalue weighted by Gasteiger charge is 2.12. The van der Waals surface area contributed by atoms with Gasteiger partial charge in [-0.05, 0) is 26.2 Å². The van der Waals surface area contributed by atoms with Crippen molar-refractivity contribution in [3.63, 3.8) is 0 Å². The number of hydrogen-bond donors (Lipinski definition) is 1. The fourth-order valence-electron chi connectivity index (χ4n) is 1.74. The van der Waals surface area contributed by atoms with Gasteiger partial charge in [-0.1, -0.05) is 19.1 Å². The SMILES string of the molecule is CCOC(=O)NC(=S)C(=CN1CCCC1)CC. The van der Waals surface area contributed by atoms with Crippen LogP contribution >= 0.6 is 12.2 Å². The minimum atomic E-state index is -0.474. The van der Waals surface area contributed by atoms with Crippen LogP contribution in [-0.4, -0.2) is 35.7 Å². The maximum absolute atomic E-state index is 11.2. The van der Waals surface area contributed by atoms with Crippen molar-refractivity contribution in [1.82, 2.24) is 10.2 Å². The molecule has 0 unspecified atom stereocenters. The van der Waals surface area contributed by atoms with E-state index in [0.717, 1.165) is 25.1 Å². The van der Waals surface area contributed by atoms with Gasteiger partial charge in [-0.2, -0.15) is 0 Å². The van der Waals surface area contributed by atoms with E-state index in [9.17, 15) is 4.79 Å². The number of thiocarbonyl (C=S) groups is 1. The van der Waals surface area contributed by atoms with Crippen molar-refractivity contribution in [1.29, 1.82) is 0 Å². The van der Waals surface area contributed by atoms with Gasteiger partial charge in [0.25, 0.3) is 0 Å². The van der Waals surface area contributed by atoms with Crippen molar-refractivity contribution in [2.45, 2.75) is 33.1 Å². The summed E-state index contributed by atoms with van der Waals surface area (Å²) < 4.78 is 4.80. The van der Waals surface area contributed by atoms with Gasteiger partial charge in [-0.25, -0.2) is 4.79 Å². The van der Waals surface area contributed by atoms with Crippen LogP contribution in [0.5, 0.6) is 0 Å². The smallest absolute Gasteiger partial charge is 0.412 e. The molecule has 1 saturated heterocycles. The second kappa shape index (κ2) is 7.27. The highest BCUT2D eigenvalue weighted by molar-refractivity contribution is 7.80. The summed E-state index contributed by atoms with van der Waals surface area (Å²) in [6, 6.07) is 0. The van der Waals surface area contributed by atoms with Crippen molar-refractivity contribution in [3.8, 4) is 0 Å². The van der Waals surface area contributed by atoms with Crippen molar-refractivity contribution >= 4 is 23.3 Å². The highest BCUT2D eigenvalue weighted by Crippen LogP contribution is 2.12. The van der Waals surface area contributed by atoms with Crippen LogP contribution in [0, 0.1) is 0 Å². The summed E-state index contributed by atoms with van der Waals surface area (Å²) in [4.78, 5) is 14.0. The molecule has 1 amide bonds. The number of alkyl carbamates (subject to hydrolysis) is 1. The van der Waals surface area contributed by atoms with Gasteiger partial charge in [0.2, 0.25) is 0 Å². The molecular formula is C12H20N2O2S. The number of ether oxygens (including phenoxy) is 1. The third-order valence-electron chi connectivity index (χ3n) is 2.64. The monoisotopic (exact) mass is 256 g/mol. The lowest BCUT2D eigenvalue weighted by Gasteiger charge is -2.15. The number of nitrogens with one attached hydrogen (secondary N) is 1. The molecule has 0 aromatic carbocycles. The van der Waals surface area contributed by atoms with Crippen LogP contribution in [0.3, 0.4) is 0 Å². The zero-order chi connectivity index (χ0) is 12.7. The Labute approximate surface area is 108 Å². The summed E-state index contributed by atoms with van der Waals surface area (Å²) in [6.45, 7) is 6.30. The fourth-order valence-corrected chi connectivity index (χ4v) is 2.02. The topological polar surface area (TPSA) is 41.6 Å². The molecule has 1 N–H and O–H groups in total. The van der Waals surface area contributed by atoms with Crippen LogP contribution in [-0.2, 0) is 4.74 Å². The van der Waals surface area contributed by atoms with E-state index < -0.39 is 6.09 Å². The van der Waals surface area contributed by atoms with Crippen molar-refractivity contribution in [2.24, 2.45) is 0 Å². The standard InChI is InChI=1S/C12H20N2O2S/c1-3-10(9-14-7-5-6-8-14)11(17)13-12(15)16-4-2/h9H,3-8H2,1-2H3,(H,13,15,17). The summed E-state index contributed by atoms with van der Waals surface area (Å²) in [5, 5.41) is 2.58.